The number of halogens is 1. The molecule has 4 nitrogen and oxygen atoms in total. The van der Waals surface area contributed by atoms with Gasteiger partial charge in [-0.25, -0.2) is 4.39 Å². The Morgan fingerprint density at radius 3 is 2.71 bits per heavy atom. The van der Waals surface area contributed by atoms with Gasteiger partial charge in [-0.15, -0.1) is 6.58 Å². The molecule has 0 aliphatic heterocycles. The summed E-state index contributed by atoms with van der Waals surface area (Å²) >= 11 is 0. The van der Waals surface area contributed by atoms with Crippen LogP contribution in [0.3, 0.4) is 0 Å². The molecule has 1 aromatic rings. The summed E-state index contributed by atoms with van der Waals surface area (Å²) in [4.78, 5) is 12.4. The minimum atomic E-state index is -0.886. The third-order valence-corrected chi connectivity index (χ3v) is 4.51. The molecule has 0 radical (unpaired) electrons. The number of aliphatic hydroxyl groups excluding tert-OH is 1. The highest BCUT2D eigenvalue weighted by molar-refractivity contribution is 5.96. The molecule has 0 aliphatic carbocycles. The number of rotatable bonds is 15. The lowest BCUT2D eigenvalue weighted by molar-refractivity contribution is 0.0921. The van der Waals surface area contributed by atoms with Crippen LogP contribution >= 0.6 is 0 Å². The largest absolute Gasteiger partial charge is 0.486 e. The SMILES string of the molecule is C=CCCNCC=CCOc1ccc(C(=O)CC(O)C=C(C)CCC=C(C)C)cc1F. The summed E-state index contributed by atoms with van der Waals surface area (Å²) in [5, 5.41) is 13.4. The molecule has 1 aromatic carbocycles. The molecule has 0 fully saturated rings. The standard InChI is InChI=1S/C26H36FNO3/c1-5-6-14-28-15-7-8-16-31-26-13-12-22(18-24(26)27)25(30)19-23(29)17-21(4)11-9-10-20(2)3/h5,7-8,10,12-13,17-18,23,28-29H,1,6,9,11,14-16,19H2,2-4H3. The highest BCUT2D eigenvalue weighted by Gasteiger charge is 2.14. The summed E-state index contributed by atoms with van der Waals surface area (Å²) in [5.74, 6) is -0.806. The van der Waals surface area contributed by atoms with Crippen LogP contribution in [-0.4, -0.2) is 36.7 Å². The number of hydrogen-bond donors (Lipinski definition) is 2. The summed E-state index contributed by atoms with van der Waals surface area (Å²) in [6.45, 7) is 11.5. The molecule has 0 saturated carbocycles. The molecule has 31 heavy (non-hydrogen) atoms. The van der Waals surface area contributed by atoms with E-state index in [1.807, 2.05) is 39.0 Å². The zero-order valence-corrected chi connectivity index (χ0v) is 19.0. The second kappa shape index (κ2) is 15.3. The molecule has 170 valence electrons. The summed E-state index contributed by atoms with van der Waals surface area (Å²) in [6, 6.07) is 4.14. The maximum absolute atomic E-state index is 14.3. The first kappa shape index (κ1) is 26.5. The van der Waals surface area contributed by atoms with Crippen LogP contribution in [0.1, 0.15) is 56.8 Å². The molecular formula is C26H36FNO3. The number of carbonyl (C=O) groups excluding carboxylic acids is 1. The number of ether oxygens (including phenoxy) is 1. The van der Waals surface area contributed by atoms with E-state index in [9.17, 15) is 14.3 Å². The number of nitrogens with one attached hydrogen (secondary N) is 1. The number of hydrogen-bond acceptors (Lipinski definition) is 4. The fraction of sp³-hybridized carbons (Fsp3) is 0.423. The van der Waals surface area contributed by atoms with E-state index < -0.39 is 11.9 Å². The molecule has 0 spiro atoms. The Kier molecular flexibility index (Phi) is 13.1. The van der Waals surface area contributed by atoms with Crippen molar-refractivity contribution in [2.75, 3.05) is 19.7 Å². The summed E-state index contributed by atoms with van der Waals surface area (Å²) < 4.78 is 19.7. The second-order valence-electron chi connectivity index (χ2n) is 7.74. The molecular weight excluding hydrogens is 393 g/mol. The molecule has 2 N–H and O–H groups in total. The number of allylic oxidation sites excluding steroid dienone is 3. The van der Waals surface area contributed by atoms with Crippen LogP contribution < -0.4 is 10.1 Å². The van der Waals surface area contributed by atoms with Crippen molar-refractivity contribution in [1.29, 1.82) is 0 Å². The maximum Gasteiger partial charge on any atom is 0.165 e. The van der Waals surface area contributed by atoms with Crippen molar-refractivity contribution in [3.8, 4) is 5.75 Å². The van der Waals surface area contributed by atoms with E-state index >= 15 is 0 Å². The molecule has 0 amide bonds. The number of ketones is 1. The fourth-order valence-corrected chi connectivity index (χ4v) is 2.84. The van der Waals surface area contributed by atoms with E-state index in [2.05, 4.69) is 18.0 Å². The lowest BCUT2D eigenvalue weighted by Crippen LogP contribution is -2.14. The molecule has 1 unspecified atom stereocenters. The van der Waals surface area contributed by atoms with Crippen molar-refractivity contribution in [2.45, 2.75) is 52.6 Å². The fourth-order valence-electron chi connectivity index (χ4n) is 2.84. The predicted molar refractivity (Wildman–Crippen MR) is 126 cm³/mol. The Morgan fingerprint density at radius 1 is 1.26 bits per heavy atom. The predicted octanol–water partition coefficient (Wildman–Crippen LogP) is 5.55. The van der Waals surface area contributed by atoms with Crippen molar-refractivity contribution in [3.63, 3.8) is 0 Å². The van der Waals surface area contributed by atoms with Gasteiger partial charge in [0, 0.05) is 18.5 Å². The molecule has 0 aliphatic rings. The van der Waals surface area contributed by atoms with Crippen molar-refractivity contribution in [1.82, 2.24) is 5.32 Å². The van der Waals surface area contributed by atoms with Crippen LogP contribution in [0, 0.1) is 5.82 Å². The van der Waals surface area contributed by atoms with Crippen LogP contribution in [0.25, 0.3) is 0 Å². The zero-order chi connectivity index (χ0) is 23.1. The molecule has 0 heterocycles. The molecule has 1 rings (SSSR count). The zero-order valence-electron chi connectivity index (χ0n) is 19.0. The normalized spacial score (nSPS) is 12.6. The molecule has 0 bridgehead atoms. The molecule has 5 heteroatoms. The Bertz CT molecular complexity index is 792. The van der Waals surface area contributed by atoms with Gasteiger partial charge in [0.15, 0.2) is 17.3 Å². The van der Waals surface area contributed by atoms with E-state index in [0.717, 1.165) is 37.4 Å². The van der Waals surface area contributed by atoms with Crippen LogP contribution in [-0.2, 0) is 0 Å². The third kappa shape index (κ3) is 12.1. The van der Waals surface area contributed by atoms with Crippen molar-refractivity contribution in [3.05, 3.63) is 77.7 Å². The average molecular weight is 430 g/mol. The second-order valence-corrected chi connectivity index (χ2v) is 7.74. The Hall–Kier alpha value is -2.50. The van der Waals surface area contributed by atoms with E-state index in [1.165, 1.54) is 17.7 Å². The van der Waals surface area contributed by atoms with Gasteiger partial charge in [0.05, 0.1) is 6.10 Å². The van der Waals surface area contributed by atoms with Gasteiger partial charge in [-0.2, -0.15) is 0 Å². The number of aliphatic hydroxyl groups is 1. The van der Waals surface area contributed by atoms with Crippen molar-refractivity contribution < 1.29 is 19.0 Å². The highest BCUT2D eigenvalue weighted by atomic mass is 19.1. The Labute approximate surface area is 186 Å². The molecule has 0 aromatic heterocycles. The lowest BCUT2D eigenvalue weighted by atomic mass is 10.0. The average Bonchev–Trinajstić information content (AvgIpc) is 2.70. The van der Waals surface area contributed by atoms with Crippen molar-refractivity contribution >= 4 is 5.78 Å². The van der Waals surface area contributed by atoms with Crippen molar-refractivity contribution in [2.24, 2.45) is 0 Å². The number of Topliss-reactive ketones (excluding diaryl/α,β-unsaturated/α-hetero) is 1. The van der Waals surface area contributed by atoms with Crippen LogP contribution in [0.5, 0.6) is 5.75 Å². The van der Waals surface area contributed by atoms with Gasteiger partial charge in [0.25, 0.3) is 0 Å². The summed E-state index contributed by atoms with van der Waals surface area (Å²) in [7, 11) is 0. The van der Waals surface area contributed by atoms with Gasteiger partial charge < -0.3 is 15.2 Å². The third-order valence-electron chi connectivity index (χ3n) is 4.51. The van der Waals surface area contributed by atoms with Gasteiger partial charge in [0.2, 0.25) is 0 Å². The lowest BCUT2D eigenvalue weighted by Gasteiger charge is -2.09. The first-order chi connectivity index (χ1) is 14.8. The number of benzene rings is 1. The Balaban J connectivity index is 2.50. The van der Waals surface area contributed by atoms with Crippen LogP contribution in [0.2, 0.25) is 0 Å². The van der Waals surface area contributed by atoms with Gasteiger partial charge in [0.1, 0.15) is 6.61 Å². The minimum absolute atomic E-state index is 0.0821. The molecule has 1 atom stereocenters. The first-order valence-electron chi connectivity index (χ1n) is 10.7. The van der Waals surface area contributed by atoms with Crippen LogP contribution in [0.15, 0.2) is 66.3 Å². The van der Waals surface area contributed by atoms with Gasteiger partial charge in [-0.1, -0.05) is 41.5 Å². The topological polar surface area (TPSA) is 58.6 Å². The number of carbonyl (C=O) groups is 1. The van der Waals surface area contributed by atoms with E-state index in [0.29, 0.717) is 6.54 Å². The Morgan fingerprint density at radius 2 is 2.03 bits per heavy atom. The molecule has 0 saturated heterocycles. The monoisotopic (exact) mass is 429 g/mol. The van der Waals surface area contributed by atoms with Gasteiger partial charge >= 0.3 is 0 Å². The first-order valence-corrected chi connectivity index (χ1v) is 10.7. The minimum Gasteiger partial charge on any atom is -0.486 e. The van der Waals surface area contributed by atoms with Gasteiger partial charge in [-0.3, -0.25) is 4.79 Å². The highest BCUT2D eigenvalue weighted by Crippen LogP contribution is 2.20. The van der Waals surface area contributed by atoms with Crippen LogP contribution in [0.4, 0.5) is 4.39 Å². The summed E-state index contributed by atoms with van der Waals surface area (Å²) in [5.41, 5.74) is 2.50. The maximum atomic E-state index is 14.3. The van der Waals surface area contributed by atoms with Gasteiger partial charge in [-0.05, 0) is 64.8 Å². The summed E-state index contributed by atoms with van der Waals surface area (Å²) in [6.07, 6.45) is 11.1. The smallest absolute Gasteiger partial charge is 0.165 e. The van der Waals surface area contributed by atoms with E-state index in [-0.39, 0.29) is 30.1 Å². The van der Waals surface area contributed by atoms with E-state index in [4.69, 9.17) is 4.74 Å². The quantitative estimate of drug-likeness (QED) is 0.218. The van der Waals surface area contributed by atoms with E-state index in [1.54, 1.807) is 6.08 Å².